The minimum Gasteiger partial charge on any atom is -0.457 e. The van der Waals surface area contributed by atoms with E-state index in [1.54, 1.807) is 18.2 Å². The second kappa shape index (κ2) is 13.5. The first-order valence-corrected chi connectivity index (χ1v) is 13.9. The van der Waals surface area contributed by atoms with Crippen LogP contribution < -0.4 is 20.7 Å². The van der Waals surface area contributed by atoms with Crippen molar-refractivity contribution in [3.8, 4) is 11.5 Å². The number of halogens is 4. The van der Waals surface area contributed by atoms with Crippen molar-refractivity contribution in [3.63, 3.8) is 0 Å². The molecule has 0 aliphatic heterocycles. The van der Waals surface area contributed by atoms with E-state index in [0.717, 1.165) is 22.6 Å². The normalized spacial score (nSPS) is 11.1. The van der Waals surface area contributed by atoms with Gasteiger partial charge in [-0.3, -0.25) is 19.2 Å². The highest BCUT2D eigenvalue weighted by Crippen LogP contribution is 2.38. The maximum Gasteiger partial charge on any atom is 0.417 e. The lowest BCUT2D eigenvalue weighted by Crippen LogP contribution is -2.31. The zero-order chi connectivity index (χ0) is 31.9. The van der Waals surface area contributed by atoms with Crippen molar-refractivity contribution >= 4 is 45.0 Å². The molecule has 0 saturated carbocycles. The monoisotopic (exact) mass is 636 g/mol. The molecule has 3 aromatic carbocycles. The molecule has 0 saturated heterocycles. The van der Waals surface area contributed by atoms with Gasteiger partial charge in [-0.25, -0.2) is 4.79 Å². The fourth-order valence-electron chi connectivity index (χ4n) is 3.51. The lowest BCUT2D eigenvalue weighted by Gasteiger charge is -2.22. The van der Waals surface area contributed by atoms with Crippen molar-refractivity contribution in [1.29, 1.82) is 0 Å². The molecule has 10 nitrogen and oxygen atoms in total. The van der Waals surface area contributed by atoms with Crippen LogP contribution in [0.1, 0.15) is 21.6 Å². The molecule has 3 amide bonds. The molecular weight excluding hydrogens is 613 g/mol. The van der Waals surface area contributed by atoms with Gasteiger partial charge in [0.1, 0.15) is 17.2 Å². The number of rotatable bonds is 6. The van der Waals surface area contributed by atoms with Gasteiger partial charge in [0.25, 0.3) is 16.0 Å². The van der Waals surface area contributed by atoms with E-state index >= 15 is 0 Å². The highest BCUT2D eigenvalue weighted by molar-refractivity contribution is 7.85. The molecular formula is C28H24ClF3N4O6S. The number of primary amides is 1. The molecule has 4 rings (SSSR count). The number of nitrogens with zero attached hydrogens (tertiary/aromatic N) is 2. The molecule has 4 aromatic rings. The van der Waals surface area contributed by atoms with Gasteiger partial charge in [-0.15, -0.1) is 0 Å². The average Bonchev–Trinajstić information content (AvgIpc) is 2.94. The Balaban J connectivity index is 0.000000386. The third-order valence-corrected chi connectivity index (χ3v) is 6.77. The van der Waals surface area contributed by atoms with E-state index in [9.17, 15) is 31.2 Å². The van der Waals surface area contributed by atoms with Crippen LogP contribution >= 0.6 is 11.6 Å². The molecule has 0 fully saturated rings. The average molecular weight is 637 g/mol. The minimum absolute atomic E-state index is 0.0666. The number of aryl methyl sites for hydroxylation is 1. The smallest absolute Gasteiger partial charge is 0.417 e. The number of ether oxygens (including phenoxy) is 1. The highest BCUT2D eigenvalue weighted by Gasteiger charge is 2.34. The second-order valence-electron chi connectivity index (χ2n) is 8.68. The van der Waals surface area contributed by atoms with Gasteiger partial charge in [0.15, 0.2) is 0 Å². The van der Waals surface area contributed by atoms with Gasteiger partial charge >= 0.3 is 12.2 Å². The molecule has 0 spiro atoms. The summed E-state index contributed by atoms with van der Waals surface area (Å²) in [4.78, 5) is 28.5. The van der Waals surface area contributed by atoms with Gasteiger partial charge in [-0.1, -0.05) is 29.3 Å². The quantitative estimate of drug-likeness (QED) is 0.208. The Bertz CT molecular complexity index is 1720. The number of hydrogen-bond donors (Lipinski definition) is 3. The van der Waals surface area contributed by atoms with Crippen molar-refractivity contribution in [3.05, 3.63) is 107 Å². The molecule has 0 bridgehead atoms. The van der Waals surface area contributed by atoms with Crippen LogP contribution in [0, 0.1) is 6.92 Å². The van der Waals surface area contributed by atoms with Crippen LogP contribution in [0.5, 0.6) is 11.5 Å². The summed E-state index contributed by atoms with van der Waals surface area (Å²) in [5.74, 6) is 0.300. The number of hydrogen-bond acceptors (Lipinski definition) is 6. The van der Waals surface area contributed by atoms with Crippen molar-refractivity contribution in [2.75, 3.05) is 11.9 Å². The van der Waals surface area contributed by atoms with E-state index in [0.29, 0.717) is 11.5 Å². The van der Waals surface area contributed by atoms with Crippen LogP contribution in [0.4, 0.5) is 29.3 Å². The summed E-state index contributed by atoms with van der Waals surface area (Å²) in [6.07, 6.45) is -3.30. The largest absolute Gasteiger partial charge is 0.457 e. The van der Waals surface area contributed by atoms with E-state index in [1.807, 2.05) is 6.92 Å². The Labute approximate surface area is 249 Å². The number of carbonyl (C=O) groups is 2. The topological polar surface area (TPSA) is 152 Å². The first-order valence-electron chi connectivity index (χ1n) is 12.1. The number of aromatic nitrogens is 1. The summed E-state index contributed by atoms with van der Waals surface area (Å²) in [6, 6.07) is 16.9. The lowest BCUT2D eigenvalue weighted by atomic mass is 10.1. The summed E-state index contributed by atoms with van der Waals surface area (Å²) in [5, 5.41) is 1.95. The molecule has 0 aliphatic carbocycles. The summed E-state index contributed by atoms with van der Waals surface area (Å²) in [5.41, 5.74) is 5.54. The fourth-order valence-corrected chi connectivity index (χ4v) is 4.21. The lowest BCUT2D eigenvalue weighted by molar-refractivity contribution is -0.137. The number of nitrogens with one attached hydrogen (secondary N) is 1. The Hall–Kier alpha value is -4.66. The van der Waals surface area contributed by atoms with Crippen LogP contribution in [-0.4, -0.2) is 36.9 Å². The summed E-state index contributed by atoms with van der Waals surface area (Å²) >= 11 is 5.65. The maximum atomic E-state index is 13.2. The molecule has 0 unspecified atom stereocenters. The van der Waals surface area contributed by atoms with Crippen molar-refractivity contribution in [1.82, 2.24) is 10.3 Å². The Morgan fingerprint density at radius 2 is 1.56 bits per heavy atom. The molecule has 0 aliphatic rings. The van der Waals surface area contributed by atoms with E-state index in [2.05, 4.69) is 10.3 Å². The third kappa shape index (κ3) is 8.91. The van der Waals surface area contributed by atoms with Gasteiger partial charge in [-0.2, -0.15) is 21.6 Å². The second-order valence-corrected chi connectivity index (χ2v) is 10.5. The van der Waals surface area contributed by atoms with Gasteiger partial charge in [0.05, 0.1) is 26.9 Å². The summed E-state index contributed by atoms with van der Waals surface area (Å²) in [6.45, 7) is 1.84. The van der Waals surface area contributed by atoms with Crippen molar-refractivity contribution in [2.24, 2.45) is 5.73 Å². The van der Waals surface area contributed by atoms with E-state index in [4.69, 9.17) is 26.6 Å². The standard InChI is InChI=1S/C21H16ClF3N4O3.C7H8O3S/c1-27-19(30)18-11-15(8-9-28-18)32-14-5-2-12(3-6-14)29(20(26)31)13-4-7-17(22)16(10-13)21(23,24)25;1-6-2-4-7(5-3-6)11(8,9)10/h2-11H,1H3,(H2,26,31)(H,27,30);2-5H,1H3,(H,8,9,10). The van der Waals surface area contributed by atoms with E-state index < -0.39 is 32.9 Å². The number of nitrogens with two attached hydrogens (primary N) is 1. The number of pyridine rings is 1. The molecule has 15 heteroatoms. The molecule has 4 N–H and O–H groups in total. The number of carbonyl (C=O) groups excluding carboxylic acids is 2. The van der Waals surface area contributed by atoms with E-state index in [-0.39, 0.29) is 27.9 Å². The number of benzene rings is 3. The van der Waals surface area contributed by atoms with Crippen LogP contribution in [-0.2, 0) is 16.3 Å². The fraction of sp³-hybridized carbons (Fsp3) is 0.107. The zero-order valence-corrected chi connectivity index (χ0v) is 24.0. The molecule has 0 atom stereocenters. The summed E-state index contributed by atoms with van der Waals surface area (Å²) < 4.78 is 74.8. The first kappa shape index (κ1) is 32.8. The van der Waals surface area contributed by atoms with Gasteiger partial charge in [0.2, 0.25) is 0 Å². The van der Waals surface area contributed by atoms with Gasteiger partial charge < -0.3 is 15.8 Å². The Morgan fingerprint density at radius 1 is 0.953 bits per heavy atom. The van der Waals surface area contributed by atoms with Gasteiger partial charge in [0, 0.05) is 19.3 Å². The third-order valence-electron chi connectivity index (χ3n) is 5.57. The predicted molar refractivity (Wildman–Crippen MR) is 153 cm³/mol. The Morgan fingerprint density at radius 3 is 2.09 bits per heavy atom. The van der Waals surface area contributed by atoms with Crippen LogP contribution in [0.25, 0.3) is 0 Å². The van der Waals surface area contributed by atoms with Crippen LogP contribution in [0.15, 0.2) is 90.0 Å². The zero-order valence-electron chi connectivity index (χ0n) is 22.5. The molecule has 0 radical (unpaired) electrons. The number of anilines is 2. The molecule has 1 aromatic heterocycles. The van der Waals surface area contributed by atoms with Gasteiger partial charge in [-0.05, 0) is 67.6 Å². The highest BCUT2D eigenvalue weighted by atomic mass is 35.5. The first-order chi connectivity index (χ1) is 20.1. The minimum atomic E-state index is -4.70. The van der Waals surface area contributed by atoms with Crippen LogP contribution in [0.3, 0.4) is 0 Å². The molecule has 1 heterocycles. The predicted octanol–water partition coefficient (Wildman–Crippen LogP) is 6.36. The SMILES string of the molecule is CNC(=O)c1cc(Oc2ccc(N(C(N)=O)c3ccc(Cl)c(C(F)(F)F)c3)cc2)ccn1.Cc1ccc(S(=O)(=O)O)cc1. The van der Waals surface area contributed by atoms with E-state index in [1.165, 1.54) is 61.8 Å². The molecule has 43 heavy (non-hydrogen) atoms. The Kier molecular flexibility index (Phi) is 10.3. The number of amides is 3. The van der Waals surface area contributed by atoms with Crippen molar-refractivity contribution < 1.29 is 40.5 Å². The number of urea groups is 1. The maximum absolute atomic E-state index is 13.2. The van der Waals surface area contributed by atoms with Crippen LogP contribution in [0.2, 0.25) is 5.02 Å². The summed E-state index contributed by atoms with van der Waals surface area (Å²) in [7, 11) is -2.55. The molecule has 226 valence electrons. The van der Waals surface area contributed by atoms with Crippen molar-refractivity contribution in [2.45, 2.75) is 18.0 Å². The number of alkyl halides is 3.